The Morgan fingerprint density at radius 1 is 1.14 bits per heavy atom. The molecule has 0 unspecified atom stereocenters. The summed E-state index contributed by atoms with van der Waals surface area (Å²) in [7, 11) is 0. The molecule has 0 atom stereocenters. The minimum Gasteiger partial charge on any atom is -0.476 e. The monoisotopic (exact) mass is 392 g/mol. The summed E-state index contributed by atoms with van der Waals surface area (Å²) in [5.41, 5.74) is 2.46. The van der Waals surface area contributed by atoms with Gasteiger partial charge in [0.25, 0.3) is 11.8 Å². The van der Waals surface area contributed by atoms with E-state index in [1.807, 2.05) is 31.2 Å². The highest BCUT2D eigenvalue weighted by atomic mass is 16.5. The number of fused-ring (bicyclic) bond motifs is 1. The summed E-state index contributed by atoms with van der Waals surface area (Å²) in [5, 5.41) is 3.12. The third-order valence-corrected chi connectivity index (χ3v) is 5.79. The van der Waals surface area contributed by atoms with E-state index in [4.69, 9.17) is 4.74 Å². The van der Waals surface area contributed by atoms with E-state index in [-0.39, 0.29) is 17.9 Å². The Hall–Kier alpha value is -2.82. The number of aryl methyl sites for hydroxylation is 1. The van der Waals surface area contributed by atoms with E-state index in [2.05, 4.69) is 5.32 Å². The molecule has 1 aliphatic heterocycles. The van der Waals surface area contributed by atoms with Crippen LogP contribution in [0.3, 0.4) is 0 Å². The van der Waals surface area contributed by atoms with Gasteiger partial charge in [0.2, 0.25) is 0 Å². The zero-order valence-electron chi connectivity index (χ0n) is 17.3. The highest BCUT2D eigenvalue weighted by molar-refractivity contribution is 6.04. The Morgan fingerprint density at radius 3 is 2.52 bits per heavy atom. The van der Waals surface area contributed by atoms with Crippen LogP contribution >= 0.6 is 0 Å². The van der Waals surface area contributed by atoms with Gasteiger partial charge in [-0.2, -0.15) is 0 Å². The van der Waals surface area contributed by atoms with Gasteiger partial charge >= 0.3 is 0 Å². The third-order valence-electron chi connectivity index (χ3n) is 5.79. The second kappa shape index (κ2) is 7.54. The van der Waals surface area contributed by atoms with Crippen LogP contribution in [-0.2, 0) is 11.3 Å². The normalized spacial score (nSPS) is 18.3. The fourth-order valence-corrected chi connectivity index (χ4v) is 4.08. The fraction of sp³-hybridized carbons (Fsp3) is 0.417. The van der Waals surface area contributed by atoms with Crippen LogP contribution in [0, 0.1) is 6.92 Å². The molecular formula is C24H28N2O3. The molecule has 1 N–H and O–H groups in total. The van der Waals surface area contributed by atoms with Crippen molar-refractivity contribution in [3.63, 3.8) is 0 Å². The molecule has 0 bridgehead atoms. The topological polar surface area (TPSA) is 58.6 Å². The molecule has 2 aromatic carbocycles. The van der Waals surface area contributed by atoms with Crippen LogP contribution in [0.4, 0.5) is 5.69 Å². The lowest BCUT2D eigenvalue weighted by Gasteiger charge is -2.39. The van der Waals surface area contributed by atoms with E-state index in [0.29, 0.717) is 23.5 Å². The van der Waals surface area contributed by atoms with E-state index in [1.54, 1.807) is 36.9 Å². The first-order valence-electron chi connectivity index (χ1n) is 10.3. The SMILES string of the molecule is Cc1ccc(CN2C(=O)C(C)(C)Oc3ccc(C(=O)NC4CCCC4)cc32)cc1. The summed E-state index contributed by atoms with van der Waals surface area (Å²) in [6.45, 7) is 6.03. The number of nitrogens with zero attached hydrogens (tertiary/aromatic N) is 1. The highest BCUT2D eigenvalue weighted by Gasteiger charge is 2.41. The molecule has 0 saturated heterocycles. The number of benzene rings is 2. The van der Waals surface area contributed by atoms with Crippen LogP contribution in [-0.4, -0.2) is 23.5 Å². The molecule has 5 heteroatoms. The quantitative estimate of drug-likeness (QED) is 0.840. The number of anilines is 1. The van der Waals surface area contributed by atoms with Gasteiger partial charge in [0.15, 0.2) is 5.60 Å². The first-order chi connectivity index (χ1) is 13.8. The molecule has 29 heavy (non-hydrogen) atoms. The number of amides is 2. The van der Waals surface area contributed by atoms with E-state index in [1.165, 1.54) is 5.56 Å². The van der Waals surface area contributed by atoms with Crippen LogP contribution in [0.25, 0.3) is 0 Å². The molecule has 0 aromatic heterocycles. The van der Waals surface area contributed by atoms with Crippen LogP contribution in [0.1, 0.15) is 61.0 Å². The summed E-state index contributed by atoms with van der Waals surface area (Å²) < 4.78 is 5.96. The lowest BCUT2D eigenvalue weighted by atomic mass is 10.0. The van der Waals surface area contributed by atoms with E-state index in [0.717, 1.165) is 31.2 Å². The Kier molecular flexibility index (Phi) is 5.07. The van der Waals surface area contributed by atoms with Crippen molar-refractivity contribution in [3.05, 3.63) is 59.2 Å². The Morgan fingerprint density at radius 2 is 1.83 bits per heavy atom. The highest BCUT2D eigenvalue weighted by Crippen LogP contribution is 2.39. The molecule has 1 aliphatic carbocycles. The number of carbonyl (C=O) groups excluding carboxylic acids is 2. The molecule has 5 nitrogen and oxygen atoms in total. The first-order valence-corrected chi connectivity index (χ1v) is 10.3. The van der Waals surface area contributed by atoms with Gasteiger partial charge in [-0.1, -0.05) is 42.7 Å². The van der Waals surface area contributed by atoms with Crippen molar-refractivity contribution in [2.45, 2.75) is 64.6 Å². The molecule has 1 heterocycles. The van der Waals surface area contributed by atoms with E-state index in [9.17, 15) is 9.59 Å². The van der Waals surface area contributed by atoms with Crippen molar-refractivity contribution >= 4 is 17.5 Å². The fourth-order valence-electron chi connectivity index (χ4n) is 4.08. The molecule has 1 saturated carbocycles. The largest absolute Gasteiger partial charge is 0.476 e. The minimum atomic E-state index is -0.953. The summed E-state index contributed by atoms with van der Waals surface area (Å²) in [6.07, 6.45) is 4.39. The summed E-state index contributed by atoms with van der Waals surface area (Å²) >= 11 is 0. The van der Waals surface area contributed by atoms with Crippen molar-refractivity contribution in [1.82, 2.24) is 5.32 Å². The van der Waals surface area contributed by atoms with Crippen LogP contribution in [0.5, 0.6) is 5.75 Å². The van der Waals surface area contributed by atoms with E-state index < -0.39 is 5.60 Å². The van der Waals surface area contributed by atoms with Crippen LogP contribution < -0.4 is 15.0 Å². The Bertz CT molecular complexity index is 928. The van der Waals surface area contributed by atoms with Crippen molar-refractivity contribution < 1.29 is 14.3 Å². The second-order valence-corrected chi connectivity index (χ2v) is 8.63. The second-order valence-electron chi connectivity index (χ2n) is 8.63. The molecule has 2 aromatic rings. The summed E-state index contributed by atoms with van der Waals surface area (Å²) in [6, 6.07) is 13.7. The molecule has 1 fully saturated rings. The van der Waals surface area contributed by atoms with Gasteiger partial charge in [0, 0.05) is 11.6 Å². The van der Waals surface area contributed by atoms with Crippen molar-refractivity contribution in [2.24, 2.45) is 0 Å². The molecular weight excluding hydrogens is 364 g/mol. The van der Waals surface area contributed by atoms with Crippen molar-refractivity contribution in [3.8, 4) is 5.75 Å². The van der Waals surface area contributed by atoms with E-state index >= 15 is 0 Å². The number of hydrogen-bond acceptors (Lipinski definition) is 3. The first kappa shape index (κ1) is 19.5. The predicted octanol–water partition coefficient (Wildman–Crippen LogP) is 4.37. The number of hydrogen-bond donors (Lipinski definition) is 1. The maximum Gasteiger partial charge on any atom is 0.271 e. The summed E-state index contributed by atoms with van der Waals surface area (Å²) in [5.74, 6) is 0.422. The molecule has 2 aliphatic rings. The molecule has 152 valence electrons. The Labute approximate surface area is 172 Å². The van der Waals surface area contributed by atoms with Gasteiger partial charge in [-0.15, -0.1) is 0 Å². The maximum atomic E-state index is 13.1. The van der Waals surface area contributed by atoms with Gasteiger partial charge in [-0.05, 0) is 57.4 Å². The van der Waals surface area contributed by atoms with Crippen LogP contribution in [0.15, 0.2) is 42.5 Å². The van der Waals surface area contributed by atoms with Crippen LogP contribution in [0.2, 0.25) is 0 Å². The van der Waals surface area contributed by atoms with Crippen molar-refractivity contribution in [1.29, 1.82) is 0 Å². The van der Waals surface area contributed by atoms with Gasteiger partial charge in [0.1, 0.15) is 5.75 Å². The van der Waals surface area contributed by atoms with Crippen molar-refractivity contribution in [2.75, 3.05) is 4.90 Å². The van der Waals surface area contributed by atoms with Gasteiger partial charge < -0.3 is 15.0 Å². The average molecular weight is 392 g/mol. The lowest BCUT2D eigenvalue weighted by molar-refractivity contribution is -0.132. The van der Waals surface area contributed by atoms with Gasteiger partial charge in [-0.3, -0.25) is 9.59 Å². The molecule has 2 amide bonds. The maximum absolute atomic E-state index is 13.1. The average Bonchev–Trinajstić information content (AvgIpc) is 3.19. The molecule has 0 spiro atoms. The van der Waals surface area contributed by atoms with Gasteiger partial charge in [-0.25, -0.2) is 0 Å². The summed E-state index contributed by atoms with van der Waals surface area (Å²) in [4.78, 5) is 27.6. The number of carbonyl (C=O) groups is 2. The smallest absolute Gasteiger partial charge is 0.271 e. The minimum absolute atomic E-state index is 0.0905. The Balaban J connectivity index is 1.65. The zero-order valence-corrected chi connectivity index (χ0v) is 17.3. The third kappa shape index (κ3) is 4.00. The van der Waals surface area contributed by atoms with Gasteiger partial charge in [0.05, 0.1) is 12.2 Å². The lowest BCUT2D eigenvalue weighted by Crippen LogP contribution is -2.52. The number of nitrogens with one attached hydrogen (secondary N) is 1. The molecule has 0 radical (unpaired) electrons. The predicted molar refractivity (Wildman–Crippen MR) is 113 cm³/mol. The molecule has 4 rings (SSSR count). The number of rotatable bonds is 4. The standard InChI is InChI=1S/C24H28N2O3/c1-16-8-10-17(11-9-16)15-26-20-14-18(22(27)25-19-6-4-5-7-19)12-13-21(20)29-24(2,3)23(26)28/h8-14,19H,4-7,15H2,1-3H3,(H,25,27). The number of ether oxygens (including phenoxy) is 1. The zero-order chi connectivity index (χ0) is 20.6.